The van der Waals surface area contributed by atoms with Gasteiger partial charge in [0.05, 0.1) is 23.5 Å². The van der Waals surface area contributed by atoms with Crippen LogP contribution in [0.4, 0.5) is 10.5 Å². The van der Waals surface area contributed by atoms with E-state index in [2.05, 4.69) is 0 Å². The number of phenolic OH excluding ortho intramolecular Hbond substituents is 1. The molecule has 0 spiro atoms. The fraction of sp³-hybridized carbons (Fsp3) is 0.0588. The third kappa shape index (κ3) is 4.43. The minimum atomic E-state index is -0.507. The quantitative estimate of drug-likeness (QED) is 0.233. The highest BCUT2D eigenvalue weighted by molar-refractivity contribution is 14.1. The number of phenols is 1. The molecule has 0 atom stereocenters. The Kier molecular flexibility index (Phi) is 6.05. The van der Waals surface area contributed by atoms with E-state index in [1.54, 1.807) is 18.2 Å². The summed E-state index contributed by atoms with van der Waals surface area (Å²) in [5.41, 5.74) is 1.28. The molecule has 0 aliphatic carbocycles. The average Bonchev–Trinajstić information content (AvgIpc) is 2.87. The maximum Gasteiger partial charge on any atom is 0.293 e. The second-order valence-corrected chi connectivity index (χ2v) is 8.84. The summed E-state index contributed by atoms with van der Waals surface area (Å²) in [5, 5.41) is 20.1. The lowest BCUT2D eigenvalue weighted by molar-refractivity contribution is -0.384. The number of carbonyl (C=O) groups excluding carboxylic acids is 2. The van der Waals surface area contributed by atoms with Crippen LogP contribution in [0.25, 0.3) is 6.08 Å². The second kappa shape index (κ2) is 8.14. The van der Waals surface area contributed by atoms with Gasteiger partial charge in [-0.2, -0.15) is 0 Å². The Morgan fingerprint density at radius 1 is 1.15 bits per heavy atom. The monoisotopic (exact) mass is 608 g/mol. The van der Waals surface area contributed by atoms with E-state index in [4.69, 9.17) is 0 Å². The normalized spacial score (nSPS) is 15.6. The van der Waals surface area contributed by atoms with Crippen LogP contribution in [0.15, 0.2) is 41.3 Å². The van der Waals surface area contributed by atoms with Crippen LogP contribution in [-0.2, 0) is 11.3 Å². The predicted molar refractivity (Wildman–Crippen MR) is 118 cm³/mol. The average molecular weight is 608 g/mol. The Balaban J connectivity index is 1.81. The zero-order valence-corrected chi connectivity index (χ0v) is 18.5. The molecule has 0 saturated carbocycles. The maximum atomic E-state index is 12.6. The van der Waals surface area contributed by atoms with Crippen LogP contribution in [0.5, 0.6) is 5.75 Å². The van der Waals surface area contributed by atoms with Crippen LogP contribution >= 0.6 is 56.9 Å². The first-order chi connectivity index (χ1) is 12.8. The van der Waals surface area contributed by atoms with Crippen molar-refractivity contribution in [1.82, 2.24) is 4.90 Å². The molecular formula is C17H10I2N2O5S. The number of hydrogen-bond donors (Lipinski definition) is 1. The highest BCUT2D eigenvalue weighted by Crippen LogP contribution is 2.35. The molecule has 2 amide bonds. The Labute approximate surface area is 185 Å². The summed E-state index contributed by atoms with van der Waals surface area (Å²) in [6.07, 6.45) is 1.62. The molecular weight excluding hydrogens is 598 g/mol. The van der Waals surface area contributed by atoms with Crippen LogP contribution in [0, 0.1) is 17.3 Å². The van der Waals surface area contributed by atoms with Crippen molar-refractivity contribution in [2.75, 3.05) is 0 Å². The summed E-state index contributed by atoms with van der Waals surface area (Å²) in [6, 6.07) is 9.17. The number of amides is 2. The molecule has 7 nitrogen and oxygen atoms in total. The van der Waals surface area contributed by atoms with Crippen LogP contribution < -0.4 is 0 Å². The third-order valence-corrected chi connectivity index (χ3v) is 6.25. The van der Waals surface area contributed by atoms with Crippen LogP contribution in [-0.4, -0.2) is 26.1 Å². The zero-order chi connectivity index (χ0) is 19.7. The first-order valence-electron chi connectivity index (χ1n) is 7.43. The number of thioether (sulfide) groups is 1. The Bertz CT molecular complexity index is 968. The summed E-state index contributed by atoms with van der Waals surface area (Å²) < 4.78 is 1.30. The fourth-order valence-corrected chi connectivity index (χ4v) is 5.02. The number of nitro benzene ring substituents is 1. The van der Waals surface area contributed by atoms with Crippen molar-refractivity contribution >= 4 is 79.9 Å². The van der Waals surface area contributed by atoms with Crippen molar-refractivity contribution in [1.29, 1.82) is 0 Å². The Morgan fingerprint density at radius 3 is 2.30 bits per heavy atom. The molecule has 0 aromatic heterocycles. The molecule has 0 radical (unpaired) electrons. The number of nitro groups is 1. The summed E-state index contributed by atoms with van der Waals surface area (Å²) in [4.78, 5) is 36.4. The summed E-state index contributed by atoms with van der Waals surface area (Å²) in [5.74, 6) is -0.235. The number of aromatic hydroxyl groups is 1. The summed E-state index contributed by atoms with van der Waals surface area (Å²) in [7, 11) is 0. The van der Waals surface area contributed by atoms with Gasteiger partial charge in [-0.05, 0) is 86.3 Å². The number of non-ortho nitro benzene ring substituents is 1. The molecule has 27 heavy (non-hydrogen) atoms. The molecule has 3 rings (SSSR count). The number of halogens is 2. The molecule has 1 aliphatic rings. The first-order valence-corrected chi connectivity index (χ1v) is 10.4. The summed E-state index contributed by atoms with van der Waals surface area (Å²) in [6.45, 7) is 0.0463. The second-order valence-electron chi connectivity index (χ2n) is 5.52. The van der Waals surface area contributed by atoms with E-state index in [9.17, 15) is 24.8 Å². The van der Waals surface area contributed by atoms with Gasteiger partial charge in [-0.25, -0.2) is 0 Å². The molecule has 2 aromatic carbocycles. The smallest absolute Gasteiger partial charge is 0.293 e. The van der Waals surface area contributed by atoms with Crippen molar-refractivity contribution in [3.8, 4) is 5.75 Å². The lowest BCUT2D eigenvalue weighted by atomic mass is 10.2. The van der Waals surface area contributed by atoms with E-state index < -0.39 is 16.1 Å². The molecule has 1 heterocycles. The molecule has 2 aromatic rings. The SMILES string of the molecule is O=C1S/C(=C/c2cc(I)c(O)c(I)c2)C(=O)N1Cc1ccc([N+](=O)[O-])cc1. The van der Waals surface area contributed by atoms with Gasteiger partial charge in [0.2, 0.25) is 0 Å². The van der Waals surface area contributed by atoms with Gasteiger partial charge in [-0.3, -0.25) is 24.6 Å². The van der Waals surface area contributed by atoms with Crippen LogP contribution in [0.2, 0.25) is 0 Å². The molecule has 10 heteroatoms. The Morgan fingerprint density at radius 2 is 1.74 bits per heavy atom. The number of rotatable bonds is 4. The fourth-order valence-electron chi connectivity index (χ4n) is 2.36. The first kappa shape index (κ1) is 20.1. The van der Waals surface area contributed by atoms with Crippen molar-refractivity contribution in [2.24, 2.45) is 0 Å². The van der Waals surface area contributed by atoms with Crippen molar-refractivity contribution in [3.05, 3.63) is 69.7 Å². The Hall–Kier alpha value is -1.67. The van der Waals surface area contributed by atoms with Gasteiger partial charge in [0.1, 0.15) is 5.75 Å². The van der Waals surface area contributed by atoms with Gasteiger partial charge in [0, 0.05) is 12.1 Å². The van der Waals surface area contributed by atoms with Crippen LogP contribution in [0.1, 0.15) is 11.1 Å². The lowest BCUT2D eigenvalue weighted by Crippen LogP contribution is -2.27. The number of carbonyl (C=O) groups is 2. The third-order valence-electron chi connectivity index (χ3n) is 3.70. The largest absolute Gasteiger partial charge is 0.506 e. The zero-order valence-electron chi connectivity index (χ0n) is 13.4. The van der Waals surface area contributed by atoms with Gasteiger partial charge in [0.15, 0.2) is 0 Å². The highest BCUT2D eigenvalue weighted by Gasteiger charge is 2.35. The van der Waals surface area contributed by atoms with Crippen molar-refractivity contribution < 1.29 is 19.6 Å². The van der Waals surface area contributed by atoms with Gasteiger partial charge >= 0.3 is 0 Å². The van der Waals surface area contributed by atoms with Crippen molar-refractivity contribution in [3.63, 3.8) is 0 Å². The van der Waals surface area contributed by atoms with E-state index >= 15 is 0 Å². The topological polar surface area (TPSA) is 101 Å². The minimum Gasteiger partial charge on any atom is -0.506 e. The maximum absolute atomic E-state index is 12.6. The molecule has 138 valence electrons. The van der Waals surface area contributed by atoms with E-state index in [1.165, 1.54) is 24.3 Å². The van der Waals surface area contributed by atoms with Gasteiger partial charge in [0.25, 0.3) is 16.8 Å². The number of nitrogens with zero attached hydrogens (tertiary/aromatic N) is 2. The van der Waals surface area contributed by atoms with Gasteiger partial charge in [-0.15, -0.1) is 0 Å². The predicted octanol–water partition coefficient (Wildman–Crippen LogP) is 4.75. The van der Waals surface area contributed by atoms with Gasteiger partial charge < -0.3 is 5.11 Å². The molecule has 0 bridgehead atoms. The van der Waals surface area contributed by atoms with E-state index in [1.807, 2.05) is 45.2 Å². The molecule has 1 aliphatic heterocycles. The molecule has 1 saturated heterocycles. The highest BCUT2D eigenvalue weighted by atomic mass is 127. The number of benzene rings is 2. The molecule has 0 unspecified atom stereocenters. The molecule has 1 fully saturated rings. The van der Waals surface area contributed by atoms with Gasteiger partial charge in [-0.1, -0.05) is 12.1 Å². The van der Waals surface area contributed by atoms with Crippen LogP contribution in [0.3, 0.4) is 0 Å². The lowest BCUT2D eigenvalue weighted by Gasteiger charge is -2.12. The molecule has 1 N–H and O–H groups in total. The van der Waals surface area contributed by atoms with E-state index in [-0.39, 0.29) is 18.0 Å². The van der Waals surface area contributed by atoms with E-state index in [0.29, 0.717) is 23.2 Å². The summed E-state index contributed by atoms with van der Waals surface area (Å²) >= 11 is 4.84. The number of imide groups is 1. The minimum absolute atomic E-state index is 0.0463. The standard InChI is InChI=1S/C17H10I2N2O5S/c18-12-5-10(6-13(19)15(12)22)7-14-16(23)20(17(24)27-14)8-9-1-3-11(4-2-9)21(25)26/h1-7,22H,8H2/b14-7+. The van der Waals surface area contributed by atoms with E-state index in [0.717, 1.165) is 16.7 Å². The number of hydrogen-bond acceptors (Lipinski definition) is 6. The van der Waals surface area contributed by atoms with Crippen molar-refractivity contribution in [2.45, 2.75) is 6.54 Å².